The molecule has 0 radical (unpaired) electrons. The molecule has 0 spiro atoms. The summed E-state index contributed by atoms with van der Waals surface area (Å²) in [6.07, 6.45) is 0.311. The van der Waals surface area contributed by atoms with Crippen molar-refractivity contribution in [2.75, 3.05) is 5.32 Å². The van der Waals surface area contributed by atoms with Gasteiger partial charge < -0.3 is 10.4 Å². The lowest BCUT2D eigenvalue weighted by atomic mass is 10.1. The van der Waals surface area contributed by atoms with E-state index >= 15 is 0 Å². The van der Waals surface area contributed by atoms with Gasteiger partial charge in [0, 0.05) is 18.3 Å². The minimum Gasteiger partial charge on any atom is -0.465 e. The minimum atomic E-state index is -1.37. The Bertz CT molecular complexity index is 614. The molecule has 1 aromatic carbocycles. The number of rotatable bonds is 4. The molecule has 102 valence electrons. The van der Waals surface area contributed by atoms with Gasteiger partial charge in [0.15, 0.2) is 0 Å². The lowest BCUT2D eigenvalue weighted by Gasteiger charge is -2.07. The number of hydrogen-bond acceptors (Lipinski definition) is 4. The third-order valence-corrected chi connectivity index (χ3v) is 2.55. The number of carbonyl (C=O) groups excluding carboxylic acids is 1. The first-order valence-corrected chi connectivity index (χ1v) is 5.93. The third-order valence-electron chi connectivity index (χ3n) is 2.55. The molecule has 0 aliphatic carbocycles. The van der Waals surface area contributed by atoms with Crippen LogP contribution in [0.5, 0.6) is 0 Å². The van der Waals surface area contributed by atoms with Crippen molar-refractivity contribution < 1.29 is 14.7 Å². The number of nitrogens with zero attached hydrogens (tertiary/aromatic N) is 1. The first-order chi connectivity index (χ1) is 9.65. The fourth-order valence-corrected chi connectivity index (χ4v) is 1.65. The van der Waals surface area contributed by atoms with Crippen molar-refractivity contribution >= 4 is 17.8 Å². The molecular weight excluding hydrogens is 258 g/mol. The van der Waals surface area contributed by atoms with Crippen molar-refractivity contribution in [3.05, 3.63) is 59.8 Å². The normalized spacial score (nSPS) is 9.80. The molecule has 6 nitrogen and oxygen atoms in total. The van der Waals surface area contributed by atoms with Crippen LogP contribution >= 0.6 is 0 Å². The van der Waals surface area contributed by atoms with Crippen LogP contribution < -0.4 is 10.6 Å². The van der Waals surface area contributed by atoms with Gasteiger partial charge in [0.05, 0.1) is 0 Å². The quantitative estimate of drug-likeness (QED) is 0.792. The Morgan fingerprint density at radius 2 is 2.00 bits per heavy atom. The summed E-state index contributed by atoms with van der Waals surface area (Å²) in [5.74, 6) is 0.0880. The Labute approximate surface area is 115 Å². The number of aromatic nitrogens is 1. The molecule has 0 aliphatic rings. The van der Waals surface area contributed by atoms with Gasteiger partial charge in [-0.2, -0.15) is 0 Å². The predicted octanol–water partition coefficient (Wildman–Crippen LogP) is 2.10. The van der Waals surface area contributed by atoms with E-state index in [4.69, 9.17) is 5.11 Å². The van der Waals surface area contributed by atoms with Crippen LogP contribution in [0.25, 0.3) is 0 Å². The van der Waals surface area contributed by atoms with E-state index in [1.165, 1.54) is 0 Å². The third kappa shape index (κ3) is 3.81. The Kier molecular flexibility index (Phi) is 4.28. The molecule has 2 amide bonds. The van der Waals surface area contributed by atoms with E-state index in [2.05, 4.69) is 10.3 Å². The molecule has 0 unspecified atom stereocenters. The molecule has 2 aromatic rings. The fraction of sp³-hybridized carbons (Fsp3) is 0.0714. The average molecular weight is 271 g/mol. The molecule has 0 aliphatic heterocycles. The molecule has 6 heteroatoms. The Balaban J connectivity index is 2.02. The maximum atomic E-state index is 11.6. The van der Waals surface area contributed by atoms with Crippen molar-refractivity contribution in [2.45, 2.75) is 6.54 Å². The van der Waals surface area contributed by atoms with E-state index in [1.54, 1.807) is 29.7 Å². The summed E-state index contributed by atoms with van der Waals surface area (Å²) in [7, 11) is 0. The summed E-state index contributed by atoms with van der Waals surface area (Å²) >= 11 is 0. The summed E-state index contributed by atoms with van der Waals surface area (Å²) in [5.41, 5.74) is 1.15. The fourth-order valence-electron chi connectivity index (χ4n) is 1.65. The van der Waals surface area contributed by atoms with E-state index in [-0.39, 0.29) is 0 Å². The van der Waals surface area contributed by atoms with Gasteiger partial charge in [0.1, 0.15) is 5.82 Å². The van der Waals surface area contributed by atoms with Crippen LogP contribution in [-0.2, 0) is 6.54 Å². The number of hydrogen-bond donors (Lipinski definition) is 3. The zero-order valence-corrected chi connectivity index (χ0v) is 10.5. The van der Waals surface area contributed by atoms with Gasteiger partial charge in [-0.3, -0.25) is 10.1 Å². The van der Waals surface area contributed by atoms with Gasteiger partial charge in [-0.05, 0) is 29.8 Å². The molecule has 20 heavy (non-hydrogen) atoms. The van der Waals surface area contributed by atoms with Gasteiger partial charge in [-0.1, -0.05) is 18.2 Å². The number of carboxylic acid groups (broad SMARTS) is 1. The van der Waals surface area contributed by atoms with Crippen molar-refractivity contribution in [1.82, 2.24) is 10.3 Å². The first kappa shape index (κ1) is 13.5. The summed E-state index contributed by atoms with van der Waals surface area (Å²) < 4.78 is 0. The number of nitrogens with one attached hydrogen (secondary N) is 2. The summed E-state index contributed by atoms with van der Waals surface area (Å²) in [6, 6.07) is 12.3. The van der Waals surface area contributed by atoms with Crippen LogP contribution in [0.15, 0.2) is 48.7 Å². The SMILES string of the molecule is O=C(O)NC(=O)c1cccc(CNc2ccccn2)c1. The summed E-state index contributed by atoms with van der Waals surface area (Å²) in [4.78, 5) is 26.1. The lowest BCUT2D eigenvalue weighted by molar-refractivity contribution is 0.0948. The minimum absolute atomic E-state index is 0.299. The van der Waals surface area contributed by atoms with Crippen LogP contribution in [-0.4, -0.2) is 22.1 Å². The van der Waals surface area contributed by atoms with Crippen molar-refractivity contribution in [3.8, 4) is 0 Å². The van der Waals surface area contributed by atoms with Crippen LogP contribution in [0.1, 0.15) is 15.9 Å². The molecule has 3 N–H and O–H groups in total. The highest BCUT2D eigenvalue weighted by Crippen LogP contribution is 2.08. The zero-order valence-electron chi connectivity index (χ0n) is 10.5. The average Bonchev–Trinajstić information content (AvgIpc) is 2.46. The maximum absolute atomic E-state index is 11.6. The second kappa shape index (κ2) is 6.33. The number of benzene rings is 1. The Morgan fingerprint density at radius 3 is 2.70 bits per heavy atom. The number of amides is 2. The standard InChI is InChI=1S/C14H13N3O3/c18-13(17-14(19)20)11-5-3-4-10(8-11)9-16-12-6-1-2-7-15-12/h1-8H,9H2,(H,15,16)(H,17,18)(H,19,20). The molecule has 0 bridgehead atoms. The number of anilines is 1. The predicted molar refractivity (Wildman–Crippen MR) is 73.5 cm³/mol. The van der Waals surface area contributed by atoms with E-state index in [1.807, 2.05) is 24.3 Å². The van der Waals surface area contributed by atoms with E-state index in [9.17, 15) is 9.59 Å². The van der Waals surface area contributed by atoms with E-state index in [0.29, 0.717) is 12.1 Å². The highest BCUT2D eigenvalue weighted by molar-refractivity contribution is 6.02. The number of carbonyl (C=O) groups is 2. The molecule has 0 atom stereocenters. The number of pyridine rings is 1. The van der Waals surface area contributed by atoms with Gasteiger partial charge in [0.25, 0.3) is 5.91 Å². The van der Waals surface area contributed by atoms with Crippen LogP contribution in [0.3, 0.4) is 0 Å². The number of imide groups is 1. The van der Waals surface area contributed by atoms with Gasteiger partial charge >= 0.3 is 6.09 Å². The van der Waals surface area contributed by atoms with Crippen molar-refractivity contribution in [2.24, 2.45) is 0 Å². The van der Waals surface area contributed by atoms with Gasteiger partial charge in [-0.15, -0.1) is 0 Å². The van der Waals surface area contributed by atoms with E-state index in [0.717, 1.165) is 11.4 Å². The largest absolute Gasteiger partial charge is 0.465 e. The van der Waals surface area contributed by atoms with Gasteiger partial charge in [-0.25, -0.2) is 9.78 Å². The first-order valence-electron chi connectivity index (χ1n) is 5.93. The Hall–Kier alpha value is -2.89. The molecular formula is C14H13N3O3. The van der Waals surface area contributed by atoms with Gasteiger partial charge in [0.2, 0.25) is 0 Å². The smallest absolute Gasteiger partial charge is 0.411 e. The highest BCUT2D eigenvalue weighted by atomic mass is 16.4. The molecule has 1 heterocycles. The van der Waals surface area contributed by atoms with E-state index < -0.39 is 12.0 Å². The monoisotopic (exact) mass is 271 g/mol. The molecule has 2 rings (SSSR count). The van der Waals surface area contributed by atoms with Crippen molar-refractivity contribution in [3.63, 3.8) is 0 Å². The maximum Gasteiger partial charge on any atom is 0.411 e. The van der Waals surface area contributed by atoms with Crippen LogP contribution in [0.4, 0.5) is 10.6 Å². The Morgan fingerprint density at radius 1 is 1.15 bits per heavy atom. The molecule has 0 fully saturated rings. The second-order valence-corrected chi connectivity index (χ2v) is 4.03. The molecule has 0 saturated carbocycles. The topological polar surface area (TPSA) is 91.3 Å². The lowest BCUT2D eigenvalue weighted by Crippen LogP contribution is -2.28. The zero-order chi connectivity index (χ0) is 14.4. The summed E-state index contributed by atoms with van der Waals surface area (Å²) in [6.45, 7) is 0.491. The highest BCUT2D eigenvalue weighted by Gasteiger charge is 2.09. The van der Waals surface area contributed by atoms with Crippen LogP contribution in [0.2, 0.25) is 0 Å². The molecule has 0 saturated heterocycles. The van der Waals surface area contributed by atoms with Crippen LogP contribution in [0, 0.1) is 0 Å². The summed E-state index contributed by atoms with van der Waals surface area (Å²) in [5, 5.41) is 13.4. The second-order valence-electron chi connectivity index (χ2n) is 4.03. The van der Waals surface area contributed by atoms with Crippen molar-refractivity contribution in [1.29, 1.82) is 0 Å². The molecule has 1 aromatic heterocycles.